The Morgan fingerprint density at radius 1 is 1.35 bits per heavy atom. The third-order valence-electron chi connectivity index (χ3n) is 4.58. The Bertz CT molecular complexity index is 421. The van der Waals surface area contributed by atoms with Gasteiger partial charge in [0.05, 0.1) is 0 Å². The van der Waals surface area contributed by atoms with E-state index in [1.807, 2.05) is 0 Å². The first-order chi connectivity index (χ1) is 9.61. The number of halogens is 1. The van der Waals surface area contributed by atoms with Gasteiger partial charge < -0.3 is 10.2 Å². The van der Waals surface area contributed by atoms with Gasteiger partial charge in [0.2, 0.25) is 0 Å². The molecule has 0 radical (unpaired) electrons. The third-order valence-corrected chi connectivity index (χ3v) is 5.30. The number of nitrogens with one attached hydrogen (secondary N) is 1. The minimum Gasteiger partial charge on any atom is -0.307 e. The molecule has 3 atom stereocenters. The molecule has 0 bridgehead atoms. The van der Waals surface area contributed by atoms with Gasteiger partial charge in [0.1, 0.15) is 0 Å². The van der Waals surface area contributed by atoms with Gasteiger partial charge in [-0.3, -0.25) is 0 Å². The molecular weight excluding hydrogens is 312 g/mol. The van der Waals surface area contributed by atoms with Crippen LogP contribution in [0.3, 0.4) is 0 Å². The van der Waals surface area contributed by atoms with Gasteiger partial charge >= 0.3 is 0 Å². The molecule has 0 aromatic heterocycles. The molecule has 1 fully saturated rings. The highest BCUT2D eigenvalue weighted by Gasteiger charge is 2.25. The predicted octanol–water partition coefficient (Wildman–Crippen LogP) is 4.22. The highest BCUT2D eigenvalue weighted by molar-refractivity contribution is 9.10. The Labute approximate surface area is 132 Å². The van der Waals surface area contributed by atoms with E-state index in [1.54, 1.807) is 0 Å². The van der Waals surface area contributed by atoms with Crippen LogP contribution in [0.4, 0.5) is 0 Å². The number of likely N-dealkylation sites (tertiary alicyclic amines) is 1. The zero-order chi connectivity index (χ0) is 14.5. The summed E-state index contributed by atoms with van der Waals surface area (Å²) in [5, 5.41) is 3.79. The fourth-order valence-electron chi connectivity index (χ4n) is 3.23. The summed E-state index contributed by atoms with van der Waals surface area (Å²) in [6.07, 6.45) is 2.70. The van der Waals surface area contributed by atoms with Crippen LogP contribution in [-0.4, -0.2) is 30.6 Å². The average molecular weight is 339 g/mol. The molecule has 1 N–H and O–H groups in total. The lowest BCUT2D eigenvalue weighted by atomic mass is 9.90. The van der Waals surface area contributed by atoms with Gasteiger partial charge in [-0.25, -0.2) is 0 Å². The SMILES string of the molecule is CCN1CCCC(C(C)NC(C)c2ccccc2Br)C1. The average Bonchev–Trinajstić information content (AvgIpc) is 2.47. The molecule has 0 saturated carbocycles. The smallest absolute Gasteiger partial charge is 0.0305 e. The minimum absolute atomic E-state index is 0.387. The highest BCUT2D eigenvalue weighted by Crippen LogP contribution is 2.25. The Kier molecular flexibility index (Phi) is 6.06. The van der Waals surface area contributed by atoms with Gasteiger partial charge in [-0.1, -0.05) is 41.1 Å². The Morgan fingerprint density at radius 2 is 2.10 bits per heavy atom. The largest absolute Gasteiger partial charge is 0.307 e. The van der Waals surface area contributed by atoms with Crippen molar-refractivity contribution in [2.24, 2.45) is 5.92 Å². The van der Waals surface area contributed by atoms with E-state index in [1.165, 1.54) is 42.5 Å². The quantitative estimate of drug-likeness (QED) is 0.864. The van der Waals surface area contributed by atoms with Crippen LogP contribution in [0.5, 0.6) is 0 Å². The second-order valence-electron chi connectivity index (χ2n) is 5.99. The fraction of sp³-hybridized carbons (Fsp3) is 0.647. The zero-order valence-electron chi connectivity index (χ0n) is 12.9. The summed E-state index contributed by atoms with van der Waals surface area (Å²) in [6, 6.07) is 9.46. The third kappa shape index (κ3) is 4.06. The van der Waals surface area contributed by atoms with Gasteiger partial charge in [0.25, 0.3) is 0 Å². The molecule has 1 heterocycles. The van der Waals surface area contributed by atoms with Gasteiger partial charge in [0, 0.05) is 23.1 Å². The molecule has 3 heteroatoms. The Hall–Kier alpha value is -0.380. The Balaban J connectivity index is 1.93. The normalized spacial score (nSPS) is 23.5. The van der Waals surface area contributed by atoms with Crippen molar-refractivity contribution < 1.29 is 0 Å². The summed E-state index contributed by atoms with van der Waals surface area (Å²) in [7, 11) is 0. The second-order valence-corrected chi connectivity index (χ2v) is 6.85. The molecule has 0 amide bonds. The molecule has 1 aromatic rings. The van der Waals surface area contributed by atoms with Crippen LogP contribution in [0.25, 0.3) is 0 Å². The van der Waals surface area contributed by atoms with E-state index in [4.69, 9.17) is 0 Å². The van der Waals surface area contributed by atoms with Crippen molar-refractivity contribution >= 4 is 15.9 Å². The monoisotopic (exact) mass is 338 g/mol. The van der Waals surface area contributed by atoms with E-state index in [-0.39, 0.29) is 0 Å². The van der Waals surface area contributed by atoms with E-state index >= 15 is 0 Å². The second kappa shape index (κ2) is 7.58. The lowest BCUT2D eigenvalue weighted by Crippen LogP contribution is -2.45. The van der Waals surface area contributed by atoms with Crippen molar-refractivity contribution in [2.75, 3.05) is 19.6 Å². The summed E-state index contributed by atoms with van der Waals surface area (Å²) in [5.41, 5.74) is 1.35. The molecule has 2 rings (SSSR count). The highest BCUT2D eigenvalue weighted by atomic mass is 79.9. The number of rotatable bonds is 5. The van der Waals surface area contributed by atoms with Crippen molar-refractivity contribution in [2.45, 2.75) is 45.7 Å². The maximum absolute atomic E-state index is 3.79. The minimum atomic E-state index is 0.387. The molecule has 1 saturated heterocycles. The number of hydrogen-bond donors (Lipinski definition) is 1. The van der Waals surface area contributed by atoms with Gasteiger partial charge in [-0.2, -0.15) is 0 Å². The summed E-state index contributed by atoms with van der Waals surface area (Å²) in [4.78, 5) is 2.58. The molecule has 3 unspecified atom stereocenters. The standard InChI is InChI=1S/C17H27BrN2/c1-4-20-11-7-8-15(12-20)13(2)19-14(3)16-9-5-6-10-17(16)18/h5-6,9-10,13-15,19H,4,7-8,11-12H2,1-3H3. The van der Waals surface area contributed by atoms with E-state index in [0.717, 1.165) is 5.92 Å². The molecular formula is C17H27BrN2. The lowest BCUT2D eigenvalue weighted by Gasteiger charge is -2.36. The summed E-state index contributed by atoms with van der Waals surface area (Å²) >= 11 is 3.66. The zero-order valence-corrected chi connectivity index (χ0v) is 14.5. The first-order valence-electron chi connectivity index (χ1n) is 7.84. The van der Waals surface area contributed by atoms with Crippen LogP contribution in [0.15, 0.2) is 28.7 Å². The predicted molar refractivity (Wildman–Crippen MR) is 90.0 cm³/mol. The van der Waals surface area contributed by atoms with Crippen molar-refractivity contribution in [3.8, 4) is 0 Å². The summed E-state index contributed by atoms with van der Waals surface area (Å²) in [6.45, 7) is 10.6. The van der Waals surface area contributed by atoms with Crippen molar-refractivity contribution in [1.82, 2.24) is 10.2 Å². The van der Waals surface area contributed by atoms with Crippen LogP contribution in [0.2, 0.25) is 0 Å². The topological polar surface area (TPSA) is 15.3 Å². The first-order valence-corrected chi connectivity index (χ1v) is 8.64. The van der Waals surface area contributed by atoms with Crippen molar-refractivity contribution in [3.05, 3.63) is 34.3 Å². The maximum atomic E-state index is 3.79. The van der Waals surface area contributed by atoms with Gasteiger partial charge in [0.15, 0.2) is 0 Å². The Morgan fingerprint density at radius 3 is 2.80 bits per heavy atom. The first kappa shape index (κ1) is 16.0. The number of piperidine rings is 1. The van der Waals surface area contributed by atoms with Crippen molar-refractivity contribution in [1.29, 1.82) is 0 Å². The fourth-order valence-corrected chi connectivity index (χ4v) is 3.86. The van der Waals surface area contributed by atoms with Gasteiger partial charge in [-0.05, 0) is 57.3 Å². The van der Waals surface area contributed by atoms with Crippen molar-refractivity contribution in [3.63, 3.8) is 0 Å². The maximum Gasteiger partial charge on any atom is 0.0305 e. The molecule has 1 aliphatic heterocycles. The molecule has 1 aromatic carbocycles. The molecule has 0 spiro atoms. The van der Waals surface area contributed by atoms with E-state index in [0.29, 0.717) is 12.1 Å². The van der Waals surface area contributed by atoms with Crippen LogP contribution < -0.4 is 5.32 Å². The van der Waals surface area contributed by atoms with E-state index in [9.17, 15) is 0 Å². The molecule has 20 heavy (non-hydrogen) atoms. The van der Waals surface area contributed by atoms with Crippen LogP contribution in [0.1, 0.15) is 45.2 Å². The van der Waals surface area contributed by atoms with Crippen LogP contribution >= 0.6 is 15.9 Å². The number of hydrogen-bond acceptors (Lipinski definition) is 2. The molecule has 2 nitrogen and oxygen atoms in total. The molecule has 0 aliphatic carbocycles. The number of nitrogens with zero attached hydrogens (tertiary/aromatic N) is 1. The molecule has 112 valence electrons. The number of benzene rings is 1. The molecule has 1 aliphatic rings. The van der Waals surface area contributed by atoms with Crippen LogP contribution in [-0.2, 0) is 0 Å². The lowest BCUT2D eigenvalue weighted by molar-refractivity contribution is 0.153. The van der Waals surface area contributed by atoms with E-state index in [2.05, 4.69) is 71.2 Å². The van der Waals surface area contributed by atoms with Gasteiger partial charge in [-0.15, -0.1) is 0 Å². The van der Waals surface area contributed by atoms with Crippen LogP contribution in [0, 0.1) is 5.92 Å². The van der Waals surface area contributed by atoms with E-state index < -0.39 is 0 Å². The summed E-state index contributed by atoms with van der Waals surface area (Å²) in [5.74, 6) is 0.772. The summed E-state index contributed by atoms with van der Waals surface area (Å²) < 4.78 is 1.20.